The number of halogens is 2. The summed E-state index contributed by atoms with van der Waals surface area (Å²) < 4.78 is 0. The van der Waals surface area contributed by atoms with E-state index in [0.717, 1.165) is 0 Å². The molecule has 23 heavy (non-hydrogen) atoms. The van der Waals surface area contributed by atoms with Crippen LogP contribution in [0.5, 0.6) is 0 Å². The minimum absolute atomic E-state index is 0.142. The Morgan fingerprint density at radius 2 is 1.70 bits per heavy atom. The number of guanidine groups is 2. The maximum Gasteiger partial charge on any atom is 0.223 e. The van der Waals surface area contributed by atoms with E-state index in [4.69, 9.17) is 40.4 Å². The zero-order chi connectivity index (χ0) is 17.8. The van der Waals surface area contributed by atoms with E-state index < -0.39 is 0 Å². The van der Waals surface area contributed by atoms with Gasteiger partial charge in [0.25, 0.3) is 0 Å². The Bertz CT molecular complexity index is 637. The molecule has 0 spiro atoms. The molecule has 0 fully saturated rings. The average Bonchev–Trinajstić information content (AvgIpc) is 2.38. The topological polar surface area (TPSA) is 132 Å². The van der Waals surface area contributed by atoms with E-state index in [-0.39, 0.29) is 45.5 Å². The Balaban J connectivity index is 3.06. The van der Waals surface area contributed by atoms with Crippen LogP contribution in [0, 0.1) is 0 Å². The monoisotopic (exact) mass is 358 g/mol. The number of ketones is 1. The van der Waals surface area contributed by atoms with Crippen molar-refractivity contribution in [3.63, 3.8) is 0 Å². The minimum atomic E-state index is -0.237. The molecule has 0 heterocycles. The summed E-state index contributed by atoms with van der Waals surface area (Å²) >= 11 is 12.2. The third-order valence-electron chi connectivity index (χ3n) is 2.59. The number of Topliss-reactive ketones (excluding diaryl/α,β-unsaturated/α-hetero) is 1. The summed E-state index contributed by atoms with van der Waals surface area (Å²) in [5.74, 6) is -0.572. The van der Waals surface area contributed by atoms with Crippen molar-refractivity contribution in [1.29, 1.82) is 0 Å². The molecular weight excluding hydrogens is 339 g/mol. The van der Waals surface area contributed by atoms with Crippen LogP contribution in [0.15, 0.2) is 22.1 Å². The van der Waals surface area contributed by atoms with Crippen LogP contribution in [-0.4, -0.2) is 29.8 Å². The van der Waals surface area contributed by atoms with Crippen molar-refractivity contribution in [2.24, 2.45) is 27.2 Å². The first-order valence-electron chi connectivity index (χ1n) is 6.70. The van der Waals surface area contributed by atoms with Crippen molar-refractivity contribution in [3.05, 3.63) is 27.7 Å². The number of hydrogen-bond acceptors (Lipinski definition) is 3. The van der Waals surface area contributed by atoms with Crippen LogP contribution >= 0.6 is 23.2 Å². The van der Waals surface area contributed by atoms with Gasteiger partial charge in [0.2, 0.25) is 5.96 Å². The lowest BCUT2D eigenvalue weighted by Gasteiger charge is -2.20. The predicted octanol–water partition coefficient (Wildman–Crippen LogP) is 1.78. The molecule has 0 aliphatic rings. The average molecular weight is 359 g/mol. The highest BCUT2D eigenvalue weighted by Gasteiger charge is 2.16. The van der Waals surface area contributed by atoms with Crippen LogP contribution < -0.4 is 22.5 Å². The van der Waals surface area contributed by atoms with Gasteiger partial charge in [-0.25, -0.2) is 4.99 Å². The molecular formula is C14H20Cl2N6O. The number of aliphatic imine (C=N–C) groups is 2. The van der Waals surface area contributed by atoms with Gasteiger partial charge in [0.05, 0.1) is 16.6 Å². The molecule has 0 aliphatic heterocycles. The highest BCUT2D eigenvalue weighted by atomic mass is 35.5. The van der Waals surface area contributed by atoms with E-state index >= 15 is 0 Å². The van der Waals surface area contributed by atoms with E-state index in [9.17, 15) is 4.79 Å². The third kappa shape index (κ3) is 6.43. The molecule has 0 aliphatic carbocycles. The Kier molecular flexibility index (Phi) is 6.37. The minimum Gasteiger partial charge on any atom is -0.370 e. The lowest BCUT2D eigenvalue weighted by Crippen LogP contribution is -2.39. The van der Waals surface area contributed by atoms with Crippen LogP contribution in [0.2, 0.25) is 10.0 Å². The van der Waals surface area contributed by atoms with Crippen LogP contribution in [-0.2, 0) is 0 Å². The summed E-state index contributed by atoms with van der Waals surface area (Å²) in [5, 5.41) is 3.44. The standard InChI is InChI=1S/C14H20Cl2N6O/c1-14(2,3)20-6-10(23)7-4-8(15)11(9(16)5-7)21-13(19)22-12(17)18/h4-5,20H,6H2,1-3H3,(H6,17,18,19,21,22). The molecule has 0 unspecified atom stereocenters. The lowest BCUT2D eigenvalue weighted by molar-refractivity contribution is 0.0982. The molecule has 0 amide bonds. The van der Waals surface area contributed by atoms with Crippen LogP contribution in [0.4, 0.5) is 5.69 Å². The summed E-state index contributed by atoms with van der Waals surface area (Å²) in [7, 11) is 0. The van der Waals surface area contributed by atoms with Gasteiger partial charge in [0, 0.05) is 11.1 Å². The normalized spacial score (nSPS) is 12.1. The molecule has 1 aromatic carbocycles. The summed E-state index contributed by atoms with van der Waals surface area (Å²) in [6.45, 7) is 6.05. The van der Waals surface area contributed by atoms with E-state index in [0.29, 0.717) is 5.56 Å². The number of nitrogens with one attached hydrogen (secondary N) is 1. The van der Waals surface area contributed by atoms with Crippen molar-refractivity contribution >= 4 is 46.6 Å². The third-order valence-corrected chi connectivity index (χ3v) is 3.16. The van der Waals surface area contributed by atoms with E-state index in [1.165, 1.54) is 12.1 Å². The molecule has 7 nitrogen and oxygen atoms in total. The van der Waals surface area contributed by atoms with Crippen LogP contribution in [0.25, 0.3) is 0 Å². The number of nitrogens with zero attached hydrogens (tertiary/aromatic N) is 2. The van der Waals surface area contributed by atoms with Gasteiger partial charge >= 0.3 is 0 Å². The molecule has 0 saturated carbocycles. The second-order valence-electron chi connectivity index (χ2n) is 5.82. The first-order valence-corrected chi connectivity index (χ1v) is 7.46. The Hall–Kier alpha value is -1.83. The quantitative estimate of drug-likeness (QED) is 0.370. The maximum absolute atomic E-state index is 12.2. The van der Waals surface area contributed by atoms with Crippen LogP contribution in [0.3, 0.4) is 0 Å². The smallest absolute Gasteiger partial charge is 0.223 e. The van der Waals surface area contributed by atoms with E-state index in [1.807, 2.05) is 20.8 Å². The predicted molar refractivity (Wildman–Crippen MR) is 95.6 cm³/mol. The number of nitrogens with two attached hydrogens (primary N) is 3. The summed E-state index contributed by atoms with van der Waals surface area (Å²) in [6.07, 6.45) is 0. The highest BCUT2D eigenvalue weighted by Crippen LogP contribution is 2.34. The second kappa shape index (κ2) is 7.63. The van der Waals surface area contributed by atoms with Gasteiger partial charge in [-0.2, -0.15) is 4.99 Å². The fourth-order valence-corrected chi connectivity index (χ4v) is 2.12. The van der Waals surface area contributed by atoms with E-state index in [2.05, 4.69) is 15.3 Å². The number of carbonyl (C=O) groups is 1. The first-order chi connectivity index (χ1) is 10.5. The number of rotatable bonds is 4. The molecule has 0 aromatic heterocycles. The fraction of sp³-hybridized carbons (Fsp3) is 0.357. The van der Waals surface area contributed by atoms with E-state index in [1.54, 1.807) is 0 Å². The summed E-state index contributed by atoms with van der Waals surface area (Å²) in [6, 6.07) is 2.95. The molecule has 0 saturated heterocycles. The van der Waals surface area contributed by atoms with Crippen molar-refractivity contribution in [2.45, 2.75) is 26.3 Å². The van der Waals surface area contributed by atoms with Gasteiger partial charge in [-0.15, -0.1) is 0 Å². The van der Waals surface area contributed by atoms with Gasteiger partial charge in [-0.3, -0.25) is 4.79 Å². The largest absolute Gasteiger partial charge is 0.370 e. The summed E-state index contributed by atoms with van der Waals surface area (Å²) in [5.41, 5.74) is 16.3. The molecule has 9 heteroatoms. The van der Waals surface area contributed by atoms with Crippen LogP contribution in [0.1, 0.15) is 31.1 Å². The van der Waals surface area contributed by atoms with Crippen molar-refractivity contribution in [1.82, 2.24) is 5.32 Å². The van der Waals surface area contributed by atoms with Crippen molar-refractivity contribution in [3.8, 4) is 0 Å². The zero-order valence-corrected chi connectivity index (χ0v) is 14.7. The molecule has 1 rings (SSSR count). The Labute approximate surface area is 144 Å². The molecule has 126 valence electrons. The van der Waals surface area contributed by atoms with Gasteiger partial charge in [-0.05, 0) is 32.9 Å². The number of benzene rings is 1. The van der Waals surface area contributed by atoms with Gasteiger partial charge in [0.15, 0.2) is 11.7 Å². The van der Waals surface area contributed by atoms with Crippen molar-refractivity contribution in [2.75, 3.05) is 6.54 Å². The maximum atomic E-state index is 12.2. The Morgan fingerprint density at radius 3 is 2.13 bits per heavy atom. The molecule has 0 atom stereocenters. The van der Waals surface area contributed by atoms with Crippen molar-refractivity contribution < 1.29 is 4.79 Å². The lowest BCUT2D eigenvalue weighted by atomic mass is 10.1. The Morgan fingerprint density at radius 1 is 1.17 bits per heavy atom. The molecule has 1 aromatic rings. The van der Waals surface area contributed by atoms with Gasteiger partial charge in [0.1, 0.15) is 5.69 Å². The van der Waals surface area contributed by atoms with Gasteiger partial charge < -0.3 is 22.5 Å². The zero-order valence-electron chi connectivity index (χ0n) is 13.2. The number of carbonyl (C=O) groups excluding carboxylic acids is 1. The highest BCUT2D eigenvalue weighted by molar-refractivity contribution is 6.39. The first kappa shape index (κ1) is 19.2. The van der Waals surface area contributed by atoms with Gasteiger partial charge in [-0.1, -0.05) is 23.2 Å². The molecule has 0 bridgehead atoms. The molecule has 7 N–H and O–H groups in total. The second-order valence-corrected chi connectivity index (χ2v) is 6.64. The number of hydrogen-bond donors (Lipinski definition) is 4. The fourth-order valence-electron chi connectivity index (χ4n) is 1.55. The SMILES string of the molecule is CC(C)(C)NCC(=O)c1cc(Cl)c(N=C(N)N=C(N)N)c(Cl)c1. The summed E-state index contributed by atoms with van der Waals surface area (Å²) in [4.78, 5) is 19.7. The molecule has 0 radical (unpaired) electrons.